The second-order valence-electron chi connectivity index (χ2n) is 13.8. The van der Waals surface area contributed by atoms with Crippen molar-refractivity contribution in [2.24, 2.45) is 0 Å². The molecule has 9 aromatic rings. The Balaban J connectivity index is 1.27. The van der Waals surface area contributed by atoms with E-state index >= 15 is 0 Å². The highest BCUT2D eigenvalue weighted by molar-refractivity contribution is 7.27. The number of anilines is 3. The Kier molecular flexibility index (Phi) is 6.74. The lowest BCUT2D eigenvalue weighted by Gasteiger charge is -2.46. The second kappa shape index (κ2) is 11.8. The summed E-state index contributed by atoms with van der Waals surface area (Å²) >= 11 is 0. The van der Waals surface area contributed by atoms with Gasteiger partial charge in [-0.25, -0.2) is 0 Å². The van der Waals surface area contributed by atoms with E-state index in [1.165, 1.54) is 36.3 Å². The Labute approximate surface area is 310 Å². The normalized spacial score (nSPS) is 13.9. The topological polar surface area (TPSA) is 25.6 Å². The maximum atomic E-state index is 6.77. The average Bonchev–Trinajstić information content (AvgIpc) is 3.61. The van der Waals surface area contributed by atoms with Crippen LogP contribution in [0.5, 0.6) is 11.5 Å². The van der Waals surface area contributed by atoms with Gasteiger partial charge in [0.1, 0.15) is 22.7 Å². The van der Waals surface area contributed by atoms with E-state index in [2.05, 4.69) is 193 Å². The van der Waals surface area contributed by atoms with Gasteiger partial charge < -0.3 is 14.1 Å². The molecule has 0 N–H and O–H groups in total. The molecule has 0 saturated carbocycles. The Morgan fingerprint density at radius 1 is 0.434 bits per heavy atom. The Bertz CT molecular complexity index is 2800. The minimum Gasteiger partial charge on any atom is -0.458 e. The van der Waals surface area contributed by atoms with Gasteiger partial charge in [0.15, 0.2) is 16.9 Å². The van der Waals surface area contributed by atoms with Gasteiger partial charge in [0, 0.05) is 16.8 Å². The molecular weight excluding hydrogens is 679 g/mol. The highest BCUT2D eigenvalue weighted by atomic mass is 28.3. The van der Waals surface area contributed by atoms with E-state index in [4.69, 9.17) is 9.15 Å². The third-order valence-corrected chi connectivity index (χ3v) is 19.3. The summed E-state index contributed by atoms with van der Waals surface area (Å²) < 4.78 is 13.2. The third-order valence-electron chi connectivity index (χ3n) is 11.0. The number of hydrogen-bond donors (Lipinski definition) is 0. The molecule has 5 heteroatoms. The van der Waals surface area contributed by atoms with E-state index in [1.807, 2.05) is 6.07 Å². The summed E-state index contributed by atoms with van der Waals surface area (Å²) in [6, 6.07) is 71.0. The SMILES string of the molecule is c1ccc(N(c2ccc3c(c2)[Si]2(c4ccccc4Oc4ccccc42)c2ccccc2[Si]3c2ccccc2)c2cccc3oc4ccccc4c23)cc1. The molecule has 2 aliphatic heterocycles. The monoisotopic (exact) mass is 710 g/mol. The van der Waals surface area contributed by atoms with Gasteiger partial charge in [0.25, 0.3) is 0 Å². The predicted molar refractivity (Wildman–Crippen MR) is 223 cm³/mol. The smallest absolute Gasteiger partial charge is 0.188 e. The Hall–Kier alpha value is -6.41. The van der Waals surface area contributed by atoms with E-state index < -0.39 is 16.9 Å². The maximum absolute atomic E-state index is 6.77. The minimum atomic E-state index is -2.94. The quantitative estimate of drug-likeness (QED) is 0.179. The average molecular weight is 711 g/mol. The molecule has 8 aromatic carbocycles. The van der Waals surface area contributed by atoms with E-state index in [-0.39, 0.29) is 0 Å². The summed E-state index contributed by atoms with van der Waals surface area (Å²) in [5, 5.41) is 12.0. The molecule has 11 rings (SSSR count). The molecule has 249 valence electrons. The van der Waals surface area contributed by atoms with Gasteiger partial charge in [-0.15, -0.1) is 0 Å². The number of furan rings is 1. The fourth-order valence-electron chi connectivity index (χ4n) is 8.96. The Morgan fingerprint density at radius 3 is 1.81 bits per heavy atom. The summed E-state index contributed by atoms with van der Waals surface area (Å²) in [5.74, 6) is 1.91. The van der Waals surface area contributed by atoms with Crippen LogP contribution in [0.2, 0.25) is 0 Å². The van der Waals surface area contributed by atoms with Crippen molar-refractivity contribution in [1.82, 2.24) is 0 Å². The molecule has 2 aliphatic rings. The van der Waals surface area contributed by atoms with Gasteiger partial charge in [0.05, 0.1) is 11.1 Å². The molecule has 3 nitrogen and oxygen atoms in total. The lowest BCUT2D eigenvalue weighted by Crippen LogP contribution is -2.87. The molecule has 0 amide bonds. The lowest BCUT2D eigenvalue weighted by molar-refractivity contribution is 0.487. The third kappa shape index (κ3) is 4.38. The minimum absolute atomic E-state index is 0.879. The summed E-state index contributed by atoms with van der Waals surface area (Å²) in [5.41, 5.74) is 5.08. The summed E-state index contributed by atoms with van der Waals surface area (Å²) in [4.78, 5) is 2.43. The number of fused-ring (bicyclic) bond motifs is 11. The molecule has 0 fully saturated rings. The molecule has 1 spiro atoms. The van der Waals surface area contributed by atoms with Crippen molar-refractivity contribution in [1.29, 1.82) is 0 Å². The summed E-state index contributed by atoms with van der Waals surface area (Å²) in [6.07, 6.45) is 0. The molecule has 1 radical (unpaired) electrons. The van der Waals surface area contributed by atoms with Crippen LogP contribution in [0.1, 0.15) is 0 Å². The molecule has 0 bridgehead atoms. The fourth-order valence-corrected chi connectivity index (χ4v) is 18.6. The van der Waals surface area contributed by atoms with E-state index in [0.29, 0.717) is 0 Å². The van der Waals surface area contributed by atoms with Crippen LogP contribution >= 0.6 is 0 Å². The van der Waals surface area contributed by atoms with Crippen molar-refractivity contribution in [3.63, 3.8) is 0 Å². The van der Waals surface area contributed by atoms with Crippen LogP contribution < -0.4 is 45.9 Å². The summed E-state index contributed by atoms with van der Waals surface area (Å²) in [6.45, 7) is 0. The zero-order valence-corrected chi connectivity index (χ0v) is 30.7. The lowest BCUT2D eigenvalue weighted by atomic mass is 10.1. The number of benzene rings is 8. The van der Waals surface area contributed by atoms with E-state index in [0.717, 1.165) is 50.5 Å². The fraction of sp³-hybridized carbons (Fsp3) is 0. The van der Waals surface area contributed by atoms with Gasteiger partial charge >= 0.3 is 0 Å². The highest BCUT2D eigenvalue weighted by Gasteiger charge is 2.54. The standard InChI is InChI=1S/C48H32NO2Si2/c1-3-16-33(17-4-1)49(37-21-15-25-41-48(37)36-20-7-8-22-38(36)50-41)34-30-31-43-47(32-34)53(44-27-12-9-23-39(44)51-40-24-10-13-28-45(40)53)46-29-14-11-26-42(46)52(43)35-18-5-2-6-19-35/h1-32H. The van der Waals surface area contributed by atoms with Crippen LogP contribution in [0, 0.1) is 0 Å². The molecule has 3 heterocycles. The van der Waals surface area contributed by atoms with Crippen LogP contribution in [0.4, 0.5) is 17.1 Å². The van der Waals surface area contributed by atoms with Gasteiger partial charge in [0.2, 0.25) is 0 Å². The first-order valence-electron chi connectivity index (χ1n) is 18.1. The second-order valence-corrected chi connectivity index (χ2v) is 19.8. The van der Waals surface area contributed by atoms with Crippen molar-refractivity contribution in [2.75, 3.05) is 4.90 Å². The zero-order chi connectivity index (χ0) is 34.9. The predicted octanol–water partition coefficient (Wildman–Crippen LogP) is 7.37. The van der Waals surface area contributed by atoms with Crippen LogP contribution in [0.3, 0.4) is 0 Å². The first-order chi connectivity index (χ1) is 26.3. The first-order valence-corrected chi connectivity index (χ1v) is 21.6. The van der Waals surface area contributed by atoms with Crippen molar-refractivity contribution in [3.8, 4) is 11.5 Å². The molecule has 0 atom stereocenters. The van der Waals surface area contributed by atoms with Crippen molar-refractivity contribution < 1.29 is 9.15 Å². The molecule has 1 aromatic heterocycles. The number of ether oxygens (including phenoxy) is 1. The number of rotatable bonds is 4. The van der Waals surface area contributed by atoms with Crippen molar-refractivity contribution >= 4 is 92.2 Å². The number of para-hydroxylation sites is 4. The molecule has 53 heavy (non-hydrogen) atoms. The van der Waals surface area contributed by atoms with Crippen LogP contribution in [0.15, 0.2) is 199 Å². The molecule has 0 saturated heterocycles. The van der Waals surface area contributed by atoms with Crippen molar-refractivity contribution in [2.45, 2.75) is 0 Å². The Morgan fingerprint density at radius 2 is 1.04 bits per heavy atom. The molecule has 0 unspecified atom stereocenters. The van der Waals surface area contributed by atoms with Crippen LogP contribution in [-0.2, 0) is 0 Å². The van der Waals surface area contributed by atoms with Crippen molar-refractivity contribution in [3.05, 3.63) is 194 Å². The van der Waals surface area contributed by atoms with Crippen LogP contribution in [-0.4, -0.2) is 16.9 Å². The van der Waals surface area contributed by atoms with E-state index in [9.17, 15) is 0 Å². The van der Waals surface area contributed by atoms with Crippen LogP contribution in [0.25, 0.3) is 21.9 Å². The van der Waals surface area contributed by atoms with Gasteiger partial charge in [-0.05, 0) is 75.3 Å². The van der Waals surface area contributed by atoms with Gasteiger partial charge in [-0.1, -0.05) is 155 Å². The molecule has 0 aliphatic carbocycles. The first kappa shape index (κ1) is 30.2. The van der Waals surface area contributed by atoms with Gasteiger partial charge in [-0.2, -0.15) is 0 Å². The maximum Gasteiger partial charge on any atom is 0.188 e. The highest BCUT2D eigenvalue weighted by Crippen LogP contribution is 2.42. The number of nitrogens with zero attached hydrogens (tertiary/aromatic N) is 1. The largest absolute Gasteiger partial charge is 0.458 e. The van der Waals surface area contributed by atoms with E-state index in [1.54, 1.807) is 0 Å². The zero-order valence-electron chi connectivity index (χ0n) is 28.7. The van der Waals surface area contributed by atoms with Gasteiger partial charge in [-0.3, -0.25) is 0 Å². The summed E-state index contributed by atoms with van der Waals surface area (Å²) in [7, 11) is -4.32. The number of hydrogen-bond acceptors (Lipinski definition) is 3. The molecular formula is C48H32NO2Si2.